The van der Waals surface area contributed by atoms with Crippen molar-refractivity contribution in [3.05, 3.63) is 34.2 Å². The molecule has 0 aromatic carbocycles. The summed E-state index contributed by atoms with van der Waals surface area (Å²) in [5, 5.41) is 11.6. The number of nitrogens with two attached hydrogens (primary N) is 1. The molecule has 0 aliphatic heterocycles. The fourth-order valence-corrected chi connectivity index (χ4v) is 2.39. The maximum absolute atomic E-state index is 12.6. The topological polar surface area (TPSA) is 131 Å². The lowest BCUT2D eigenvalue weighted by molar-refractivity contribution is -0.143. The van der Waals surface area contributed by atoms with E-state index in [0.29, 0.717) is 5.56 Å². The molecule has 0 radical (unpaired) electrons. The number of primary amides is 1. The number of carbonyl (C=O) groups is 3. The summed E-state index contributed by atoms with van der Waals surface area (Å²) >= 11 is 0. The second kappa shape index (κ2) is 8.28. The second-order valence-electron chi connectivity index (χ2n) is 6.00. The van der Waals surface area contributed by atoms with E-state index in [-0.39, 0.29) is 24.3 Å². The summed E-state index contributed by atoms with van der Waals surface area (Å²) in [7, 11) is 0. The van der Waals surface area contributed by atoms with Gasteiger partial charge in [0.2, 0.25) is 11.8 Å². The van der Waals surface area contributed by atoms with Gasteiger partial charge in [-0.05, 0) is 25.3 Å². The van der Waals surface area contributed by atoms with Crippen LogP contribution in [0.3, 0.4) is 0 Å². The van der Waals surface area contributed by atoms with Gasteiger partial charge in [-0.1, -0.05) is 19.9 Å². The van der Waals surface area contributed by atoms with E-state index in [9.17, 15) is 24.3 Å². The molecule has 132 valence electrons. The highest BCUT2D eigenvalue weighted by Gasteiger charge is 2.29. The van der Waals surface area contributed by atoms with Crippen molar-refractivity contribution in [1.29, 1.82) is 0 Å². The van der Waals surface area contributed by atoms with E-state index in [1.165, 1.54) is 10.8 Å². The number of carboxylic acids is 1. The van der Waals surface area contributed by atoms with E-state index >= 15 is 0 Å². The van der Waals surface area contributed by atoms with Crippen molar-refractivity contribution < 1.29 is 19.5 Å². The van der Waals surface area contributed by atoms with Gasteiger partial charge in [0.15, 0.2) is 0 Å². The number of aliphatic carboxylic acids is 1. The summed E-state index contributed by atoms with van der Waals surface area (Å²) in [5.41, 5.74) is 5.19. The Morgan fingerprint density at radius 1 is 1.33 bits per heavy atom. The number of hydrogen-bond acceptors (Lipinski definition) is 4. The molecule has 1 rings (SSSR count). The zero-order valence-corrected chi connectivity index (χ0v) is 14.0. The number of carbonyl (C=O) groups excluding carboxylic acids is 2. The number of amides is 2. The number of hydrogen-bond donors (Lipinski definition) is 3. The standard InChI is InChI=1S/C16H23N3O5/c1-9(2)13(19-8-4-5-10(3)15(19)22)14(21)18-11(16(23)24)6-7-12(17)20/h4-5,8-9,11,13H,6-7H2,1-3H3,(H2,17,20)(H,18,21)(H,23,24). The molecule has 0 saturated heterocycles. The number of aryl methyl sites for hydroxylation is 1. The van der Waals surface area contributed by atoms with Crippen LogP contribution >= 0.6 is 0 Å². The molecule has 0 saturated carbocycles. The molecule has 4 N–H and O–H groups in total. The van der Waals surface area contributed by atoms with Crippen LogP contribution in [0.2, 0.25) is 0 Å². The quantitative estimate of drug-likeness (QED) is 0.623. The van der Waals surface area contributed by atoms with Gasteiger partial charge in [0.1, 0.15) is 12.1 Å². The normalized spacial score (nSPS) is 13.3. The van der Waals surface area contributed by atoms with Crippen molar-refractivity contribution in [2.75, 3.05) is 0 Å². The van der Waals surface area contributed by atoms with Crippen LogP contribution in [0.25, 0.3) is 0 Å². The first kappa shape index (κ1) is 19.4. The number of nitrogens with one attached hydrogen (secondary N) is 1. The SMILES string of the molecule is Cc1cccn(C(C(=O)NC(CCC(N)=O)C(=O)O)C(C)C)c1=O. The molecule has 0 fully saturated rings. The zero-order chi connectivity index (χ0) is 18.4. The molecule has 8 heteroatoms. The number of carboxylic acid groups (broad SMARTS) is 1. The smallest absolute Gasteiger partial charge is 0.326 e. The molecule has 0 spiro atoms. The first-order valence-corrected chi connectivity index (χ1v) is 7.64. The number of rotatable bonds is 8. The summed E-state index contributed by atoms with van der Waals surface area (Å²) in [4.78, 5) is 46.9. The molecule has 2 atom stereocenters. The molecule has 1 aromatic rings. The van der Waals surface area contributed by atoms with Crippen LogP contribution in [-0.2, 0) is 14.4 Å². The number of aromatic nitrogens is 1. The summed E-state index contributed by atoms with van der Waals surface area (Å²) < 4.78 is 1.29. The molecule has 0 aliphatic carbocycles. The van der Waals surface area contributed by atoms with Gasteiger partial charge in [0.05, 0.1) is 0 Å². The van der Waals surface area contributed by atoms with Crippen molar-refractivity contribution >= 4 is 17.8 Å². The van der Waals surface area contributed by atoms with Crippen LogP contribution in [0, 0.1) is 12.8 Å². The van der Waals surface area contributed by atoms with Crippen LogP contribution in [0.5, 0.6) is 0 Å². The summed E-state index contributed by atoms with van der Waals surface area (Å²) in [6.07, 6.45) is 1.23. The highest BCUT2D eigenvalue weighted by molar-refractivity contribution is 5.86. The average Bonchev–Trinajstić information content (AvgIpc) is 2.47. The van der Waals surface area contributed by atoms with Gasteiger partial charge in [0, 0.05) is 18.2 Å². The van der Waals surface area contributed by atoms with Crippen molar-refractivity contribution in [2.45, 2.75) is 45.7 Å². The molecule has 1 aromatic heterocycles. The zero-order valence-electron chi connectivity index (χ0n) is 14.0. The van der Waals surface area contributed by atoms with Crippen LogP contribution in [-0.4, -0.2) is 33.5 Å². The highest BCUT2D eigenvalue weighted by Crippen LogP contribution is 2.17. The van der Waals surface area contributed by atoms with E-state index in [0.717, 1.165) is 0 Å². The molecular weight excluding hydrogens is 314 g/mol. The van der Waals surface area contributed by atoms with Gasteiger partial charge in [-0.25, -0.2) is 4.79 Å². The first-order valence-electron chi connectivity index (χ1n) is 7.64. The van der Waals surface area contributed by atoms with Gasteiger partial charge in [-0.2, -0.15) is 0 Å². The third kappa shape index (κ3) is 4.94. The Morgan fingerprint density at radius 2 is 1.96 bits per heavy atom. The minimum Gasteiger partial charge on any atom is -0.480 e. The summed E-state index contributed by atoms with van der Waals surface area (Å²) in [6, 6.07) is 1.20. The second-order valence-corrected chi connectivity index (χ2v) is 6.00. The van der Waals surface area contributed by atoms with Gasteiger partial charge < -0.3 is 20.7 Å². The maximum atomic E-state index is 12.6. The van der Waals surface area contributed by atoms with Crippen LogP contribution in [0.4, 0.5) is 0 Å². The highest BCUT2D eigenvalue weighted by atomic mass is 16.4. The molecule has 2 unspecified atom stereocenters. The predicted molar refractivity (Wildman–Crippen MR) is 87.3 cm³/mol. The third-order valence-electron chi connectivity index (χ3n) is 3.66. The lowest BCUT2D eigenvalue weighted by Gasteiger charge is -2.25. The molecule has 8 nitrogen and oxygen atoms in total. The summed E-state index contributed by atoms with van der Waals surface area (Å²) in [5.74, 6) is -2.74. The number of nitrogens with zero attached hydrogens (tertiary/aromatic N) is 1. The Labute approximate surface area is 139 Å². The van der Waals surface area contributed by atoms with Crippen LogP contribution in [0.1, 0.15) is 38.3 Å². The van der Waals surface area contributed by atoms with Crippen LogP contribution < -0.4 is 16.6 Å². The molecule has 2 amide bonds. The van der Waals surface area contributed by atoms with E-state index in [2.05, 4.69) is 5.32 Å². The Morgan fingerprint density at radius 3 is 2.46 bits per heavy atom. The van der Waals surface area contributed by atoms with Crippen molar-refractivity contribution in [3.63, 3.8) is 0 Å². The van der Waals surface area contributed by atoms with E-state index in [4.69, 9.17) is 5.73 Å². The Hall–Kier alpha value is -2.64. The van der Waals surface area contributed by atoms with Crippen molar-refractivity contribution in [3.8, 4) is 0 Å². The monoisotopic (exact) mass is 337 g/mol. The van der Waals surface area contributed by atoms with Gasteiger partial charge in [-0.3, -0.25) is 14.4 Å². The molecule has 0 bridgehead atoms. The van der Waals surface area contributed by atoms with Crippen molar-refractivity contribution in [1.82, 2.24) is 9.88 Å². The lowest BCUT2D eigenvalue weighted by atomic mass is 10.0. The average molecular weight is 337 g/mol. The Balaban J connectivity index is 3.05. The molecule has 1 heterocycles. The predicted octanol–water partition coefficient (Wildman–Crippen LogP) is 0.189. The Bertz CT molecular complexity index is 681. The third-order valence-corrected chi connectivity index (χ3v) is 3.66. The Kier molecular flexibility index (Phi) is 6.69. The summed E-state index contributed by atoms with van der Waals surface area (Å²) in [6.45, 7) is 5.16. The number of pyridine rings is 1. The van der Waals surface area contributed by atoms with E-state index in [1.807, 2.05) is 0 Å². The van der Waals surface area contributed by atoms with Gasteiger partial charge in [-0.15, -0.1) is 0 Å². The molecule has 24 heavy (non-hydrogen) atoms. The molecular formula is C16H23N3O5. The van der Waals surface area contributed by atoms with E-state index in [1.54, 1.807) is 32.9 Å². The van der Waals surface area contributed by atoms with Gasteiger partial charge >= 0.3 is 5.97 Å². The largest absolute Gasteiger partial charge is 0.480 e. The minimum atomic E-state index is -1.26. The fraction of sp³-hybridized carbons (Fsp3) is 0.500. The van der Waals surface area contributed by atoms with Gasteiger partial charge in [0.25, 0.3) is 5.56 Å². The van der Waals surface area contributed by atoms with Crippen molar-refractivity contribution in [2.24, 2.45) is 11.7 Å². The maximum Gasteiger partial charge on any atom is 0.326 e. The first-order chi connectivity index (χ1) is 11.1. The fourth-order valence-electron chi connectivity index (χ4n) is 2.39. The lowest BCUT2D eigenvalue weighted by Crippen LogP contribution is -2.47. The molecule has 0 aliphatic rings. The minimum absolute atomic E-state index is 0.107. The van der Waals surface area contributed by atoms with Crippen LogP contribution in [0.15, 0.2) is 23.1 Å². The van der Waals surface area contributed by atoms with E-state index < -0.39 is 29.9 Å².